The number of hydrogen-bond acceptors (Lipinski definition) is 3. The molecule has 1 amide bonds. The maximum atomic E-state index is 13.1. The Balaban J connectivity index is 1.43. The fourth-order valence-electron chi connectivity index (χ4n) is 2.98. The zero-order chi connectivity index (χ0) is 17.3. The summed E-state index contributed by atoms with van der Waals surface area (Å²) < 4.78 is 18.3. The van der Waals surface area contributed by atoms with Gasteiger partial charge in [0, 0.05) is 23.6 Å². The molecule has 4 rings (SSSR count). The molecule has 1 saturated carbocycles. The summed E-state index contributed by atoms with van der Waals surface area (Å²) in [5.41, 5.74) is 2.10. The van der Waals surface area contributed by atoms with Crippen molar-refractivity contribution in [2.45, 2.75) is 18.3 Å². The van der Waals surface area contributed by atoms with Crippen molar-refractivity contribution in [2.75, 3.05) is 6.54 Å². The molecule has 2 aromatic carbocycles. The third-order valence-electron chi connectivity index (χ3n) is 4.70. The highest BCUT2D eigenvalue weighted by molar-refractivity contribution is 5.93. The van der Waals surface area contributed by atoms with Crippen LogP contribution >= 0.6 is 0 Å². The van der Waals surface area contributed by atoms with Crippen LogP contribution in [0.2, 0.25) is 0 Å². The van der Waals surface area contributed by atoms with E-state index >= 15 is 0 Å². The normalized spacial score (nSPS) is 14.9. The summed E-state index contributed by atoms with van der Waals surface area (Å²) in [6.45, 7) is 0.505. The Labute approximate surface area is 144 Å². The number of aromatic nitrogens is 1. The van der Waals surface area contributed by atoms with E-state index in [0.29, 0.717) is 12.3 Å². The molecule has 1 aliphatic rings. The lowest BCUT2D eigenvalue weighted by atomic mass is 9.96. The number of rotatable bonds is 5. The molecule has 25 heavy (non-hydrogen) atoms. The Morgan fingerprint density at radius 1 is 1.12 bits per heavy atom. The van der Waals surface area contributed by atoms with Gasteiger partial charge in [-0.3, -0.25) is 4.79 Å². The molecule has 1 fully saturated rings. The second-order valence-electron chi connectivity index (χ2n) is 6.41. The highest BCUT2D eigenvalue weighted by Gasteiger charge is 2.44. The van der Waals surface area contributed by atoms with Gasteiger partial charge >= 0.3 is 0 Å². The molecule has 4 nitrogen and oxygen atoms in total. The van der Waals surface area contributed by atoms with Crippen LogP contribution in [0.25, 0.3) is 11.3 Å². The average Bonchev–Trinajstić information content (AvgIpc) is 3.27. The van der Waals surface area contributed by atoms with E-state index in [1.54, 1.807) is 18.2 Å². The standard InChI is InChI=1S/C20H17FN2O2/c21-16-8-6-15(7-9-16)20(10-11-20)13-22-19(24)17-12-18(25-23-17)14-4-2-1-3-5-14/h1-9,12H,10-11,13H2,(H,22,24). The van der Waals surface area contributed by atoms with Crippen LogP contribution in [0, 0.1) is 5.82 Å². The summed E-state index contributed by atoms with van der Waals surface area (Å²) in [7, 11) is 0. The minimum absolute atomic E-state index is 0.0879. The summed E-state index contributed by atoms with van der Waals surface area (Å²) in [6.07, 6.45) is 1.96. The fraction of sp³-hybridized carbons (Fsp3) is 0.200. The van der Waals surface area contributed by atoms with Gasteiger partial charge in [-0.15, -0.1) is 0 Å². The zero-order valence-electron chi connectivity index (χ0n) is 13.5. The van der Waals surface area contributed by atoms with Crippen LogP contribution in [0.15, 0.2) is 65.2 Å². The first kappa shape index (κ1) is 15.6. The topological polar surface area (TPSA) is 55.1 Å². The minimum Gasteiger partial charge on any atom is -0.355 e. The van der Waals surface area contributed by atoms with Crippen LogP contribution in [-0.2, 0) is 5.41 Å². The molecule has 0 radical (unpaired) electrons. The van der Waals surface area contributed by atoms with Gasteiger partial charge in [0.2, 0.25) is 0 Å². The number of carbonyl (C=O) groups is 1. The van der Waals surface area contributed by atoms with Crippen LogP contribution in [-0.4, -0.2) is 17.6 Å². The maximum Gasteiger partial charge on any atom is 0.273 e. The predicted octanol–water partition coefficient (Wildman–Crippen LogP) is 3.94. The molecule has 1 aromatic heterocycles. The molecule has 0 unspecified atom stereocenters. The van der Waals surface area contributed by atoms with Gasteiger partial charge in [0.15, 0.2) is 11.5 Å². The third kappa shape index (κ3) is 3.18. The predicted molar refractivity (Wildman–Crippen MR) is 91.6 cm³/mol. The van der Waals surface area contributed by atoms with Crippen LogP contribution < -0.4 is 5.32 Å². The van der Waals surface area contributed by atoms with E-state index in [4.69, 9.17) is 4.52 Å². The summed E-state index contributed by atoms with van der Waals surface area (Å²) in [5, 5.41) is 6.79. The average molecular weight is 336 g/mol. The Morgan fingerprint density at radius 2 is 1.84 bits per heavy atom. The Kier molecular flexibility index (Phi) is 3.84. The zero-order valence-corrected chi connectivity index (χ0v) is 13.5. The van der Waals surface area contributed by atoms with E-state index < -0.39 is 0 Å². The molecule has 0 aliphatic heterocycles. The van der Waals surface area contributed by atoms with E-state index in [-0.39, 0.29) is 22.8 Å². The van der Waals surface area contributed by atoms with Gasteiger partial charge in [-0.05, 0) is 30.5 Å². The Morgan fingerprint density at radius 3 is 2.52 bits per heavy atom. The van der Waals surface area contributed by atoms with Crippen LogP contribution in [0.3, 0.4) is 0 Å². The molecule has 0 spiro atoms. The second kappa shape index (κ2) is 6.16. The lowest BCUT2D eigenvalue weighted by Crippen LogP contribution is -2.32. The summed E-state index contributed by atoms with van der Waals surface area (Å²) in [4.78, 5) is 12.4. The van der Waals surface area contributed by atoms with Gasteiger partial charge in [0.1, 0.15) is 5.82 Å². The van der Waals surface area contributed by atoms with E-state index in [2.05, 4.69) is 10.5 Å². The molecule has 1 N–H and O–H groups in total. The first-order chi connectivity index (χ1) is 12.2. The Hall–Kier alpha value is -2.95. The van der Waals surface area contributed by atoms with Crippen LogP contribution in [0.5, 0.6) is 0 Å². The largest absolute Gasteiger partial charge is 0.355 e. The number of benzene rings is 2. The summed E-state index contributed by atoms with van der Waals surface area (Å²) >= 11 is 0. The van der Waals surface area contributed by atoms with Crippen molar-refractivity contribution in [1.29, 1.82) is 0 Å². The van der Waals surface area contributed by atoms with Gasteiger partial charge in [-0.2, -0.15) is 0 Å². The maximum absolute atomic E-state index is 13.1. The summed E-state index contributed by atoms with van der Waals surface area (Å²) in [6, 6.07) is 17.7. The lowest BCUT2D eigenvalue weighted by Gasteiger charge is -2.16. The van der Waals surface area contributed by atoms with Crippen LogP contribution in [0.1, 0.15) is 28.9 Å². The molecule has 0 atom stereocenters. The molecule has 0 saturated heterocycles. The molecule has 0 bridgehead atoms. The van der Waals surface area contributed by atoms with Crippen molar-refractivity contribution in [3.63, 3.8) is 0 Å². The van der Waals surface area contributed by atoms with Crippen molar-refractivity contribution in [2.24, 2.45) is 0 Å². The third-order valence-corrected chi connectivity index (χ3v) is 4.70. The summed E-state index contributed by atoms with van der Waals surface area (Å²) in [5.74, 6) is 0.0457. The minimum atomic E-state index is -0.265. The number of halogens is 1. The van der Waals surface area contributed by atoms with Crippen molar-refractivity contribution < 1.29 is 13.7 Å². The lowest BCUT2D eigenvalue weighted by molar-refractivity contribution is 0.0940. The SMILES string of the molecule is O=C(NCC1(c2ccc(F)cc2)CC1)c1cc(-c2ccccc2)on1. The van der Waals surface area contributed by atoms with E-state index in [1.165, 1.54) is 12.1 Å². The Bertz CT molecular complexity index is 884. The van der Waals surface area contributed by atoms with Crippen LogP contribution in [0.4, 0.5) is 4.39 Å². The smallest absolute Gasteiger partial charge is 0.273 e. The molecule has 126 valence electrons. The van der Waals surface area contributed by atoms with Gasteiger partial charge < -0.3 is 9.84 Å². The van der Waals surface area contributed by atoms with E-state index in [1.807, 2.05) is 30.3 Å². The van der Waals surface area contributed by atoms with Gasteiger partial charge in [-0.25, -0.2) is 4.39 Å². The van der Waals surface area contributed by atoms with Gasteiger partial charge in [0.05, 0.1) is 0 Å². The molecular weight excluding hydrogens is 319 g/mol. The molecule has 3 aromatic rings. The van der Waals surface area contributed by atoms with Crippen molar-refractivity contribution >= 4 is 5.91 Å². The molecule has 1 heterocycles. The first-order valence-electron chi connectivity index (χ1n) is 8.23. The molecule has 1 aliphatic carbocycles. The van der Waals surface area contributed by atoms with Gasteiger partial charge in [-0.1, -0.05) is 47.6 Å². The molecular formula is C20H17FN2O2. The number of hydrogen-bond donors (Lipinski definition) is 1. The number of nitrogens with one attached hydrogen (secondary N) is 1. The fourth-order valence-corrected chi connectivity index (χ4v) is 2.98. The van der Waals surface area contributed by atoms with Crippen molar-refractivity contribution in [3.8, 4) is 11.3 Å². The van der Waals surface area contributed by atoms with E-state index in [0.717, 1.165) is 24.0 Å². The monoisotopic (exact) mass is 336 g/mol. The van der Waals surface area contributed by atoms with Crippen molar-refractivity contribution in [3.05, 3.63) is 77.7 Å². The van der Waals surface area contributed by atoms with Gasteiger partial charge in [0.25, 0.3) is 5.91 Å². The molecule has 5 heteroatoms. The van der Waals surface area contributed by atoms with Crippen molar-refractivity contribution in [1.82, 2.24) is 10.5 Å². The highest BCUT2D eigenvalue weighted by atomic mass is 19.1. The first-order valence-corrected chi connectivity index (χ1v) is 8.23. The second-order valence-corrected chi connectivity index (χ2v) is 6.41. The number of nitrogens with zero attached hydrogens (tertiary/aromatic N) is 1. The number of carbonyl (C=O) groups excluding carboxylic acids is 1. The van der Waals surface area contributed by atoms with E-state index in [9.17, 15) is 9.18 Å². The highest BCUT2D eigenvalue weighted by Crippen LogP contribution is 2.47. The number of amides is 1. The quantitative estimate of drug-likeness (QED) is 0.768.